The lowest BCUT2D eigenvalue weighted by molar-refractivity contribution is 0.875. The number of nitrogens with zero attached hydrogens (tertiary/aromatic N) is 2. The van der Waals surface area contributed by atoms with Gasteiger partial charge in [0.25, 0.3) is 0 Å². The zero-order valence-electron chi connectivity index (χ0n) is 11.1. The lowest BCUT2D eigenvalue weighted by Gasteiger charge is -2.09. The standard InChI is InChI=1S/C14H17BrN4/c1-3-4-11-8-13(19-16)18-14(17-11)12-6-5-10(15)7-9(12)2/h5-8H,3-4,16H2,1-2H3,(H,17,18,19). The number of nitrogen functional groups attached to an aromatic ring is 1. The van der Waals surface area contributed by atoms with E-state index in [1.807, 2.05) is 25.1 Å². The largest absolute Gasteiger partial charge is 0.308 e. The predicted octanol–water partition coefficient (Wildman–Crippen LogP) is 3.45. The minimum Gasteiger partial charge on any atom is -0.308 e. The minimum atomic E-state index is 0.649. The maximum absolute atomic E-state index is 5.48. The van der Waals surface area contributed by atoms with Gasteiger partial charge in [-0.15, -0.1) is 0 Å². The Labute approximate surface area is 121 Å². The van der Waals surface area contributed by atoms with E-state index in [1.54, 1.807) is 0 Å². The third-order valence-electron chi connectivity index (χ3n) is 2.86. The first-order chi connectivity index (χ1) is 9.13. The summed E-state index contributed by atoms with van der Waals surface area (Å²) in [6, 6.07) is 7.96. The summed E-state index contributed by atoms with van der Waals surface area (Å²) in [5.74, 6) is 6.84. The molecule has 1 aromatic carbocycles. The molecule has 2 aromatic rings. The van der Waals surface area contributed by atoms with Gasteiger partial charge in [0.15, 0.2) is 5.82 Å². The number of aromatic nitrogens is 2. The Kier molecular flexibility index (Phi) is 4.50. The van der Waals surface area contributed by atoms with Crippen LogP contribution in [-0.2, 0) is 6.42 Å². The van der Waals surface area contributed by atoms with E-state index in [2.05, 4.69) is 44.3 Å². The summed E-state index contributed by atoms with van der Waals surface area (Å²) in [6.07, 6.45) is 1.96. The highest BCUT2D eigenvalue weighted by Crippen LogP contribution is 2.25. The molecule has 0 atom stereocenters. The molecule has 5 heteroatoms. The van der Waals surface area contributed by atoms with Crippen molar-refractivity contribution in [2.24, 2.45) is 5.84 Å². The van der Waals surface area contributed by atoms with Gasteiger partial charge in [-0.2, -0.15) is 0 Å². The van der Waals surface area contributed by atoms with Gasteiger partial charge in [0.05, 0.1) is 0 Å². The smallest absolute Gasteiger partial charge is 0.162 e. The van der Waals surface area contributed by atoms with E-state index < -0.39 is 0 Å². The lowest BCUT2D eigenvalue weighted by atomic mass is 10.1. The van der Waals surface area contributed by atoms with E-state index in [1.165, 1.54) is 0 Å². The fraction of sp³-hybridized carbons (Fsp3) is 0.286. The first kappa shape index (κ1) is 14.0. The van der Waals surface area contributed by atoms with E-state index in [-0.39, 0.29) is 0 Å². The Morgan fingerprint density at radius 2 is 2.05 bits per heavy atom. The molecule has 3 N–H and O–H groups in total. The van der Waals surface area contributed by atoms with Crippen molar-refractivity contribution in [1.29, 1.82) is 0 Å². The van der Waals surface area contributed by atoms with Gasteiger partial charge < -0.3 is 5.43 Å². The van der Waals surface area contributed by atoms with Crippen molar-refractivity contribution in [3.8, 4) is 11.4 Å². The predicted molar refractivity (Wildman–Crippen MR) is 81.7 cm³/mol. The fourth-order valence-electron chi connectivity index (χ4n) is 1.95. The molecule has 1 aromatic heterocycles. The normalized spacial score (nSPS) is 10.5. The number of aryl methyl sites for hydroxylation is 2. The number of rotatable bonds is 4. The molecule has 0 bridgehead atoms. The Bertz CT molecular complexity index is 584. The molecular weight excluding hydrogens is 304 g/mol. The van der Waals surface area contributed by atoms with Crippen LogP contribution in [0.2, 0.25) is 0 Å². The Hall–Kier alpha value is -1.46. The average molecular weight is 321 g/mol. The minimum absolute atomic E-state index is 0.649. The third kappa shape index (κ3) is 3.30. The van der Waals surface area contributed by atoms with Crippen molar-refractivity contribution < 1.29 is 0 Å². The molecule has 0 saturated carbocycles. The van der Waals surface area contributed by atoms with Crippen molar-refractivity contribution in [2.45, 2.75) is 26.7 Å². The van der Waals surface area contributed by atoms with Crippen LogP contribution in [-0.4, -0.2) is 9.97 Å². The number of hydrogen-bond acceptors (Lipinski definition) is 4. The summed E-state index contributed by atoms with van der Waals surface area (Å²) in [4.78, 5) is 9.04. The number of nitrogens with two attached hydrogens (primary N) is 1. The molecular formula is C14H17BrN4. The molecule has 2 rings (SSSR count). The first-order valence-electron chi connectivity index (χ1n) is 6.25. The van der Waals surface area contributed by atoms with Crippen LogP contribution in [0.25, 0.3) is 11.4 Å². The highest BCUT2D eigenvalue weighted by molar-refractivity contribution is 9.10. The average Bonchev–Trinajstić information content (AvgIpc) is 2.38. The topological polar surface area (TPSA) is 63.8 Å². The second kappa shape index (κ2) is 6.12. The quantitative estimate of drug-likeness (QED) is 0.669. The van der Waals surface area contributed by atoms with Crippen molar-refractivity contribution in [3.63, 3.8) is 0 Å². The Morgan fingerprint density at radius 1 is 1.26 bits per heavy atom. The van der Waals surface area contributed by atoms with Crippen molar-refractivity contribution in [3.05, 3.63) is 40.0 Å². The van der Waals surface area contributed by atoms with Gasteiger partial charge in [-0.05, 0) is 37.1 Å². The van der Waals surface area contributed by atoms with Crippen molar-refractivity contribution >= 4 is 21.7 Å². The zero-order chi connectivity index (χ0) is 13.8. The molecule has 0 aliphatic heterocycles. The number of anilines is 1. The first-order valence-corrected chi connectivity index (χ1v) is 7.04. The molecule has 0 aliphatic carbocycles. The van der Waals surface area contributed by atoms with Gasteiger partial charge in [0, 0.05) is 21.8 Å². The molecule has 0 radical (unpaired) electrons. The van der Waals surface area contributed by atoms with Gasteiger partial charge in [-0.25, -0.2) is 15.8 Å². The molecule has 0 spiro atoms. The molecule has 0 fully saturated rings. The Balaban J connectivity index is 2.51. The second-order valence-corrected chi connectivity index (χ2v) is 5.34. The van der Waals surface area contributed by atoms with E-state index in [0.29, 0.717) is 11.6 Å². The van der Waals surface area contributed by atoms with E-state index in [0.717, 1.165) is 34.1 Å². The summed E-state index contributed by atoms with van der Waals surface area (Å²) in [7, 11) is 0. The number of hydrogen-bond donors (Lipinski definition) is 2. The molecule has 0 amide bonds. The SMILES string of the molecule is CCCc1cc(NN)nc(-c2ccc(Br)cc2C)n1. The van der Waals surface area contributed by atoms with Crippen LogP contribution in [0.4, 0.5) is 5.82 Å². The van der Waals surface area contributed by atoms with Crippen LogP contribution < -0.4 is 11.3 Å². The summed E-state index contributed by atoms with van der Waals surface area (Å²) in [6.45, 7) is 4.17. The van der Waals surface area contributed by atoms with E-state index in [4.69, 9.17) is 5.84 Å². The fourth-order valence-corrected chi connectivity index (χ4v) is 2.43. The number of nitrogens with one attached hydrogen (secondary N) is 1. The summed E-state index contributed by atoms with van der Waals surface area (Å²) in [5, 5.41) is 0. The van der Waals surface area contributed by atoms with Crippen LogP contribution in [0.3, 0.4) is 0 Å². The molecule has 1 heterocycles. The van der Waals surface area contributed by atoms with Gasteiger partial charge in [-0.3, -0.25) is 0 Å². The van der Waals surface area contributed by atoms with Crippen molar-refractivity contribution in [1.82, 2.24) is 9.97 Å². The monoisotopic (exact) mass is 320 g/mol. The second-order valence-electron chi connectivity index (χ2n) is 4.42. The summed E-state index contributed by atoms with van der Waals surface area (Å²) < 4.78 is 1.05. The van der Waals surface area contributed by atoms with Crippen LogP contribution in [0, 0.1) is 6.92 Å². The van der Waals surface area contributed by atoms with Crippen molar-refractivity contribution in [2.75, 3.05) is 5.43 Å². The maximum atomic E-state index is 5.48. The maximum Gasteiger partial charge on any atom is 0.162 e. The molecule has 19 heavy (non-hydrogen) atoms. The number of benzene rings is 1. The van der Waals surface area contributed by atoms with E-state index >= 15 is 0 Å². The number of hydrazine groups is 1. The van der Waals surface area contributed by atoms with Crippen LogP contribution in [0.5, 0.6) is 0 Å². The van der Waals surface area contributed by atoms with Crippen LogP contribution in [0.15, 0.2) is 28.7 Å². The molecule has 0 aliphatic rings. The molecule has 4 nitrogen and oxygen atoms in total. The van der Waals surface area contributed by atoms with Crippen LogP contribution >= 0.6 is 15.9 Å². The van der Waals surface area contributed by atoms with Gasteiger partial charge in [0.1, 0.15) is 5.82 Å². The summed E-state index contributed by atoms with van der Waals surface area (Å²) >= 11 is 3.46. The molecule has 0 unspecified atom stereocenters. The number of halogens is 1. The summed E-state index contributed by atoms with van der Waals surface area (Å²) in [5.41, 5.74) is 5.77. The van der Waals surface area contributed by atoms with Gasteiger partial charge >= 0.3 is 0 Å². The Morgan fingerprint density at radius 3 is 2.68 bits per heavy atom. The highest BCUT2D eigenvalue weighted by Gasteiger charge is 2.09. The van der Waals surface area contributed by atoms with Gasteiger partial charge in [0.2, 0.25) is 0 Å². The lowest BCUT2D eigenvalue weighted by Crippen LogP contribution is -2.10. The van der Waals surface area contributed by atoms with Gasteiger partial charge in [-0.1, -0.05) is 29.3 Å². The molecule has 0 saturated heterocycles. The third-order valence-corrected chi connectivity index (χ3v) is 3.36. The highest BCUT2D eigenvalue weighted by atomic mass is 79.9. The van der Waals surface area contributed by atoms with Crippen LogP contribution in [0.1, 0.15) is 24.6 Å². The molecule has 100 valence electrons. The zero-order valence-corrected chi connectivity index (χ0v) is 12.7. The van der Waals surface area contributed by atoms with E-state index in [9.17, 15) is 0 Å².